The lowest BCUT2D eigenvalue weighted by atomic mass is 10.1. The summed E-state index contributed by atoms with van der Waals surface area (Å²) in [5, 5.41) is 15.1. The number of carbonyl (C=O) groups is 1. The minimum atomic E-state index is -0.969. The van der Waals surface area contributed by atoms with Gasteiger partial charge in [0.15, 0.2) is 0 Å². The quantitative estimate of drug-likeness (QED) is 0.695. The Bertz CT molecular complexity index is 397. The number of nitrogen functional groups attached to an aromatic ring is 1. The van der Waals surface area contributed by atoms with E-state index in [1.54, 1.807) is 10.9 Å². The Morgan fingerprint density at radius 3 is 3.12 bits per heavy atom. The van der Waals surface area contributed by atoms with E-state index in [9.17, 15) is 4.79 Å². The maximum atomic E-state index is 10.4. The predicted octanol–water partition coefficient (Wildman–Crippen LogP) is 0.0962. The van der Waals surface area contributed by atoms with Crippen molar-refractivity contribution in [2.75, 3.05) is 30.3 Å². The van der Waals surface area contributed by atoms with Gasteiger partial charge in [-0.1, -0.05) is 0 Å². The molecule has 1 aliphatic heterocycles. The molecule has 2 rings (SSSR count). The Labute approximate surface area is 99.2 Å². The fourth-order valence-corrected chi connectivity index (χ4v) is 2.26. The van der Waals surface area contributed by atoms with Crippen molar-refractivity contribution in [3.63, 3.8) is 0 Å². The Kier molecular flexibility index (Phi) is 3.08. The summed E-state index contributed by atoms with van der Waals surface area (Å²) in [5.74, 6) is 1.25. The zero-order valence-corrected chi connectivity index (χ0v) is 9.76. The first-order chi connectivity index (χ1) is 8.08. The average Bonchev–Trinajstić information content (AvgIpc) is 2.83. The molecule has 0 unspecified atom stereocenters. The van der Waals surface area contributed by atoms with Crippen molar-refractivity contribution in [2.24, 2.45) is 13.0 Å². The largest absolute Gasteiger partial charge is 0.465 e. The van der Waals surface area contributed by atoms with Crippen molar-refractivity contribution in [1.29, 1.82) is 0 Å². The van der Waals surface area contributed by atoms with E-state index < -0.39 is 6.09 Å². The Hall–Kier alpha value is -1.92. The lowest BCUT2D eigenvalue weighted by molar-refractivity contribution is 0.192. The Balaban J connectivity index is 1.96. The van der Waals surface area contributed by atoms with Crippen LogP contribution in [0.4, 0.5) is 16.3 Å². The van der Waals surface area contributed by atoms with Crippen LogP contribution in [-0.4, -0.2) is 40.6 Å². The molecule has 1 atom stereocenters. The Morgan fingerprint density at radius 2 is 2.53 bits per heavy atom. The van der Waals surface area contributed by atoms with E-state index in [4.69, 9.17) is 10.8 Å². The molecule has 1 aromatic rings. The van der Waals surface area contributed by atoms with Gasteiger partial charge in [-0.2, -0.15) is 5.10 Å². The molecule has 0 aromatic carbocycles. The monoisotopic (exact) mass is 239 g/mol. The summed E-state index contributed by atoms with van der Waals surface area (Å²) in [4.78, 5) is 12.6. The zero-order chi connectivity index (χ0) is 12.4. The molecule has 1 aromatic heterocycles. The summed E-state index contributed by atoms with van der Waals surface area (Å²) in [6.07, 6.45) is 1.63. The zero-order valence-electron chi connectivity index (χ0n) is 9.76. The van der Waals surface area contributed by atoms with Gasteiger partial charge in [-0.05, 0) is 12.3 Å². The van der Waals surface area contributed by atoms with Crippen LogP contribution < -0.4 is 16.0 Å². The van der Waals surface area contributed by atoms with Gasteiger partial charge in [0, 0.05) is 26.7 Å². The molecule has 0 spiro atoms. The minimum absolute atomic E-state index is 0.334. The smallest absolute Gasteiger partial charge is 0.404 e. The number of aryl methyl sites for hydroxylation is 1. The normalized spacial score (nSPS) is 19.6. The fourth-order valence-electron chi connectivity index (χ4n) is 2.26. The topological polar surface area (TPSA) is 96.4 Å². The molecule has 0 aliphatic carbocycles. The molecular formula is C10H17N5O2. The molecule has 4 N–H and O–H groups in total. The first-order valence-electron chi connectivity index (χ1n) is 5.57. The second-order valence-corrected chi connectivity index (χ2v) is 4.33. The maximum absolute atomic E-state index is 10.4. The first kappa shape index (κ1) is 11.6. The number of amides is 1. The number of nitrogens with two attached hydrogens (primary N) is 1. The molecule has 1 fully saturated rings. The van der Waals surface area contributed by atoms with Gasteiger partial charge in [-0.15, -0.1) is 0 Å². The van der Waals surface area contributed by atoms with E-state index >= 15 is 0 Å². The number of nitrogens with one attached hydrogen (secondary N) is 1. The highest BCUT2D eigenvalue weighted by Gasteiger charge is 2.26. The number of hydrogen-bond acceptors (Lipinski definition) is 4. The van der Waals surface area contributed by atoms with Crippen molar-refractivity contribution < 1.29 is 9.90 Å². The number of nitrogens with zero attached hydrogens (tertiary/aromatic N) is 3. The van der Waals surface area contributed by atoms with Crippen LogP contribution in [0.1, 0.15) is 6.42 Å². The highest BCUT2D eigenvalue weighted by atomic mass is 16.4. The lowest BCUT2D eigenvalue weighted by Crippen LogP contribution is -2.30. The summed E-state index contributed by atoms with van der Waals surface area (Å²) >= 11 is 0. The van der Waals surface area contributed by atoms with Gasteiger partial charge < -0.3 is 21.1 Å². The molecule has 94 valence electrons. The van der Waals surface area contributed by atoms with Gasteiger partial charge in [0.2, 0.25) is 0 Å². The molecule has 0 saturated carbocycles. The molecule has 2 heterocycles. The van der Waals surface area contributed by atoms with Gasteiger partial charge in [-0.3, -0.25) is 4.68 Å². The molecule has 17 heavy (non-hydrogen) atoms. The van der Waals surface area contributed by atoms with Crippen molar-refractivity contribution in [1.82, 2.24) is 15.1 Å². The van der Waals surface area contributed by atoms with Crippen LogP contribution in [-0.2, 0) is 7.05 Å². The summed E-state index contributed by atoms with van der Waals surface area (Å²) in [6, 6.07) is 0. The summed E-state index contributed by atoms with van der Waals surface area (Å²) in [5.41, 5.74) is 6.52. The van der Waals surface area contributed by atoms with Crippen LogP contribution in [0.3, 0.4) is 0 Å². The van der Waals surface area contributed by atoms with E-state index in [1.165, 1.54) is 0 Å². The van der Waals surface area contributed by atoms with Gasteiger partial charge in [0.1, 0.15) is 5.82 Å². The predicted molar refractivity (Wildman–Crippen MR) is 64.0 cm³/mol. The second kappa shape index (κ2) is 4.52. The van der Waals surface area contributed by atoms with Gasteiger partial charge in [-0.25, -0.2) is 4.79 Å². The van der Waals surface area contributed by atoms with Crippen LogP contribution in [0.2, 0.25) is 0 Å². The third-order valence-electron chi connectivity index (χ3n) is 3.06. The highest BCUT2D eigenvalue weighted by Crippen LogP contribution is 2.27. The van der Waals surface area contributed by atoms with Crippen molar-refractivity contribution in [3.05, 3.63) is 6.20 Å². The first-order valence-corrected chi connectivity index (χ1v) is 5.57. The lowest BCUT2D eigenvalue weighted by Gasteiger charge is -2.19. The number of rotatable bonds is 3. The van der Waals surface area contributed by atoms with E-state index in [0.29, 0.717) is 18.2 Å². The van der Waals surface area contributed by atoms with Crippen LogP contribution in [0.25, 0.3) is 0 Å². The standard InChI is InChI=1S/C10H17N5O2/c1-14-9(8(11)5-13-14)15-3-2-7(6-15)4-12-10(16)17/h5,7,12H,2-4,6,11H2,1H3,(H,16,17)/t7-/m1/s1. The molecule has 1 aliphatic rings. The average molecular weight is 239 g/mol. The Morgan fingerprint density at radius 1 is 1.76 bits per heavy atom. The van der Waals surface area contributed by atoms with Crippen LogP contribution in [0.5, 0.6) is 0 Å². The van der Waals surface area contributed by atoms with Crippen LogP contribution in [0.15, 0.2) is 6.20 Å². The third-order valence-corrected chi connectivity index (χ3v) is 3.06. The molecule has 7 heteroatoms. The van der Waals surface area contributed by atoms with Crippen molar-refractivity contribution >= 4 is 17.6 Å². The molecule has 1 saturated heterocycles. The summed E-state index contributed by atoms with van der Waals surface area (Å²) < 4.78 is 1.75. The molecule has 7 nitrogen and oxygen atoms in total. The van der Waals surface area contributed by atoms with Gasteiger partial charge in [0.25, 0.3) is 0 Å². The molecule has 0 radical (unpaired) electrons. The van der Waals surface area contributed by atoms with E-state index in [-0.39, 0.29) is 0 Å². The van der Waals surface area contributed by atoms with Crippen molar-refractivity contribution in [3.8, 4) is 0 Å². The van der Waals surface area contributed by atoms with Crippen molar-refractivity contribution in [2.45, 2.75) is 6.42 Å². The fraction of sp³-hybridized carbons (Fsp3) is 0.600. The molecule has 1 amide bonds. The number of anilines is 2. The summed E-state index contributed by atoms with van der Waals surface area (Å²) in [6.45, 7) is 2.18. The maximum Gasteiger partial charge on any atom is 0.404 e. The van der Waals surface area contributed by atoms with Gasteiger partial charge >= 0.3 is 6.09 Å². The van der Waals surface area contributed by atoms with Crippen LogP contribution >= 0.6 is 0 Å². The number of hydrogen-bond donors (Lipinski definition) is 3. The number of carboxylic acid groups (broad SMARTS) is 1. The second-order valence-electron chi connectivity index (χ2n) is 4.33. The van der Waals surface area contributed by atoms with E-state index in [2.05, 4.69) is 15.3 Å². The van der Waals surface area contributed by atoms with E-state index in [0.717, 1.165) is 25.3 Å². The molecule has 0 bridgehead atoms. The highest BCUT2D eigenvalue weighted by molar-refractivity contribution is 5.64. The van der Waals surface area contributed by atoms with Crippen LogP contribution in [0, 0.1) is 5.92 Å². The molecular weight excluding hydrogens is 222 g/mol. The minimum Gasteiger partial charge on any atom is -0.465 e. The SMILES string of the molecule is Cn1ncc(N)c1N1CC[C@H](CNC(=O)O)C1. The third kappa shape index (κ3) is 2.43. The van der Waals surface area contributed by atoms with E-state index in [1.807, 2.05) is 7.05 Å². The van der Waals surface area contributed by atoms with Gasteiger partial charge in [0.05, 0.1) is 11.9 Å². The number of aromatic nitrogens is 2. The summed E-state index contributed by atoms with van der Waals surface area (Å²) in [7, 11) is 1.86.